The molecule has 0 saturated heterocycles. The molecule has 1 aromatic carbocycles. The van der Waals surface area contributed by atoms with Gasteiger partial charge in [-0.15, -0.1) is 0 Å². The quantitative estimate of drug-likeness (QED) is 0.851. The lowest BCUT2D eigenvalue weighted by Crippen LogP contribution is -2.03. The van der Waals surface area contributed by atoms with E-state index in [2.05, 4.69) is 0 Å². The predicted molar refractivity (Wildman–Crippen MR) is 60.6 cm³/mol. The van der Waals surface area contributed by atoms with Crippen LogP contribution in [0.25, 0.3) is 0 Å². The van der Waals surface area contributed by atoms with Crippen molar-refractivity contribution in [1.82, 2.24) is 0 Å². The van der Waals surface area contributed by atoms with Gasteiger partial charge in [0.15, 0.2) is 0 Å². The van der Waals surface area contributed by atoms with Crippen LogP contribution in [0.4, 0.5) is 0 Å². The van der Waals surface area contributed by atoms with Gasteiger partial charge in [-0.3, -0.25) is 4.79 Å². The van der Waals surface area contributed by atoms with E-state index in [-0.39, 0.29) is 17.3 Å². The van der Waals surface area contributed by atoms with Crippen LogP contribution in [0.1, 0.15) is 25.3 Å². The molecule has 2 rings (SSSR count). The highest BCUT2D eigenvalue weighted by Gasteiger charge is 2.62. The highest BCUT2D eigenvalue weighted by molar-refractivity contribution is 5.77. The summed E-state index contributed by atoms with van der Waals surface area (Å²) in [5.41, 5.74) is 0.943. The van der Waals surface area contributed by atoms with E-state index in [0.29, 0.717) is 0 Å². The molecule has 86 valence electrons. The Balaban J connectivity index is 2.23. The second-order valence-electron chi connectivity index (χ2n) is 4.89. The highest BCUT2D eigenvalue weighted by atomic mass is 16.5. The van der Waals surface area contributed by atoms with Crippen LogP contribution in [0, 0.1) is 11.3 Å². The van der Waals surface area contributed by atoms with E-state index in [1.165, 1.54) is 0 Å². The zero-order valence-electron chi connectivity index (χ0n) is 9.73. The smallest absolute Gasteiger partial charge is 0.307 e. The average molecular weight is 220 g/mol. The van der Waals surface area contributed by atoms with Gasteiger partial charge >= 0.3 is 5.97 Å². The van der Waals surface area contributed by atoms with Gasteiger partial charge < -0.3 is 9.84 Å². The van der Waals surface area contributed by atoms with Crippen molar-refractivity contribution in [2.75, 3.05) is 7.11 Å². The van der Waals surface area contributed by atoms with Crippen molar-refractivity contribution < 1.29 is 14.6 Å². The lowest BCUT2D eigenvalue weighted by atomic mass is 10.0. The summed E-state index contributed by atoms with van der Waals surface area (Å²) >= 11 is 0. The van der Waals surface area contributed by atoms with Gasteiger partial charge in [-0.25, -0.2) is 0 Å². The molecule has 0 bridgehead atoms. The minimum atomic E-state index is -0.703. The molecule has 0 radical (unpaired) electrons. The third kappa shape index (κ3) is 1.56. The zero-order chi connectivity index (χ0) is 11.9. The number of carbonyl (C=O) groups is 1. The topological polar surface area (TPSA) is 46.5 Å². The van der Waals surface area contributed by atoms with Crippen LogP contribution in [0.5, 0.6) is 5.75 Å². The molecule has 1 N–H and O–H groups in total. The summed E-state index contributed by atoms with van der Waals surface area (Å²) in [6, 6.07) is 7.66. The summed E-state index contributed by atoms with van der Waals surface area (Å²) in [5.74, 6) is -0.0447. The first-order chi connectivity index (χ1) is 7.48. The number of rotatable bonds is 3. The number of methoxy groups -OCH3 is 1. The van der Waals surface area contributed by atoms with Crippen molar-refractivity contribution in [2.45, 2.75) is 19.8 Å². The lowest BCUT2D eigenvalue weighted by molar-refractivity contribution is -0.139. The van der Waals surface area contributed by atoms with Gasteiger partial charge in [-0.2, -0.15) is 0 Å². The number of carboxylic acid groups (broad SMARTS) is 1. The number of benzene rings is 1. The summed E-state index contributed by atoms with van der Waals surface area (Å²) in [4.78, 5) is 11.1. The van der Waals surface area contributed by atoms with E-state index in [4.69, 9.17) is 9.84 Å². The van der Waals surface area contributed by atoms with Gasteiger partial charge in [0, 0.05) is 5.92 Å². The molecule has 0 unspecified atom stereocenters. The maximum atomic E-state index is 11.1. The fourth-order valence-corrected chi connectivity index (χ4v) is 2.53. The molecular weight excluding hydrogens is 204 g/mol. The Kier molecular flexibility index (Phi) is 2.41. The number of carboxylic acids is 1. The summed E-state index contributed by atoms with van der Waals surface area (Å²) in [5, 5.41) is 9.10. The molecule has 1 aliphatic rings. The number of hydrogen-bond donors (Lipinski definition) is 1. The zero-order valence-corrected chi connectivity index (χ0v) is 9.73. The van der Waals surface area contributed by atoms with E-state index in [0.717, 1.165) is 11.3 Å². The number of ether oxygens (including phenoxy) is 1. The van der Waals surface area contributed by atoms with E-state index in [9.17, 15) is 4.79 Å². The van der Waals surface area contributed by atoms with Gasteiger partial charge in [-0.05, 0) is 23.1 Å². The Hall–Kier alpha value is -1.51. The fourth-order valence-electron chi connectivity index (χ4n) is 2.53. The Morgan fingerprint density at radius 3 is 2.25 bits per heavy atom. The number of hydrogen-bond acceptors (Lipinski definition) is 2. The van der Waals surface area contributed by atoms with Crippen LogP contribution in [0.15, 0.2) is 24.3 Å². The van der Waals surface area contributed by atoms with E-state index >= 15 is 0 Å². The highest BCUT2D eigenvalue weighted by Crippen LogP contribution is 2.64. The first-order valence-corrected chi connectivity index (χ1v) is 5.35. The second kappa shape index (κ2) is 3.51. The Morgan fingerprint density at radius 1 is 1.31 bits per heavy atom. The Bertz CT molecular complexity index is 406. The van der Waals surface area contributed by atoms with Crippen molar-refractivity contribution >= 4 is 5.97 Å². The van der Waals surface area contributed by atoms with Gasteiger partial charge in [0.1, 0.15) is 5.75 Å². The van der Waals surface area contributed by atoms with Crippen molar-refractivity contribution in [2.24, 2.45) is 11.3 Å². The molecule has 16 heavy (non-hydrogen) atoms. The average Bonchev–Trinajstić information content (AvgIpc) is 2.82. The van der Waals surface area contributed by atoms with Crippen molar-refractivity contribution in [3.05, 3.63) is 29.8 Å². The number of aliphatic carboxylic acids is 1. The van der Waals surface area contributed by atoms with Gasteiger partial charge in [0.2, 0.25) is 0 Å². The maximum absolute atomic E-state index is 11.1. The van der Waals surface area contributed by atoms with Crippen molar-refractivity contribution in [1.29, 1.82) is 0 Å². The minimum absolute atomic E-state index is 0.121. The summed E-state index contributed by atoms with van der Waals surface area (Å²) in [6.07, 6.45) is 0. The third-order valence-corrected chi connectivity index (χ3v) is 3.57. The summed E-state index contributed by atoms with van der Waals surface area (Å²) in [6.45, 7) is 4.00. The molecule has 1 fully saturated rings. The normalized spacial score (nSPS) is 26.2. The minimum Gasteiger partial charge on any atom is -0.497 e. The molecule has 0 aliphatic heterocycles. The molecule has 2 atom stereocenters. The van der Waals surface area contributed by atoms with Crippen molar-refractivity contribution in [3.8, 4) is 5.75 Å². The standard InChI is InChI=1S/C13H16O3/c1-13(2)10(11(13)12(14)15)8-4-6-9(16-3)7-5-8/h4-7,10-11H,1-3H3,(H,14,15)/t10-,11-/m0/s1. The van der Waals surface area contributed by atoms with Crippen molar-refractivity contribution in [3.63, 3.8) is 0 Å². The van der Waals surface area contributed by atoms with Crippen LogP contribution in [-0.4, -0.2) is 18.2 Å². The maximum Gasteiger partial charge on any atom is 0.307 e. The molecule has 0 spiro atoms. The summed E-state index contributed by atoms with van der Waals surface area (Å²) in [7, 11) is 1.62. The molecule has 0 aromatic heterocycles. The van der Waals surface area contributed by atoms with Gasteiger partial charge in [0.25, 0.3) is 0 Å². The predicted octanol–water partition coefficient (Wildman–Crippen LogP) is 2.52. The first kappa shape index (κ1) is 11.0. The van der Waals surface area contributed by atoms with Crippen LogP contribution in [-0.2, 0) is 4.79 Å². The first-order valence-electron chi connectivity index (χ1n) is 5.35. The molecule has 1 aliphatic carbocycles. The van der Waals surface area contributed by atoms with Crippen LogP contribution >= 0.6 is 0 Å². The molecular formula is C13H16O3. The lowest BCUT2D eigenvalue weighted by Gasteiger charge is -2.04. The molecule has 1 saturated carbocycles. The van der Waals surface area contributed by atoms with Crippen LogP contribution in [0.2, 0.25) is 0 Å². The van der Waals surface area contributed by atoms with E-state index in [1.807, 2.05) is 38.1 Å². The van der Waals surface area contributed by atoms with Gasteiger partial charge in [-0.1, -0.05) is 26.0 Å². The molecule has 0 heterocycles. The second-order valence-corrected chi connectivity index (χ2v) is 4.89. The van der Waals surface area contributed by atoms with E-state index < -0.39 is 5.97 Å². The largest absolute Gasteiger partial charge is 0.497 e. The molecule has 0 amide bonds. The molecule has 3 nitrogen and oxygen atoms in total. The SMILES string of the molecule is COc1ccc([C@H]2[C@@H](C(=O)O)C2(C)C)cc1. The molecule has 1 aromatic rings. The van der Waals surface area contributed by atoms with E-state index in [1.54, 1.807) is 7.11 Å². The van der Waals surface area contributed by atoms with Crippen LogP contribution in [0.3, 0.4) is 0 Å². The molecule has 3 heteroatoms. The third-order valence-electron chi connectivity index (χ3n) is 3.57. The Morgan fingerprint density at radius 2 is 1.88 bits per heavy atom. The monoisotopic (exact) mass is 220 g/mol. The Labute approximate surface area is 95.0 Å². The van der Waals surface area contributed by atoms with Gasteiger partial charge in [0.05, 0.1) is 13.0 Å². The summed E-state index contributed by atoms with van der Waals surface area (Å²) < 4.78 is 5.08. The van der Waals surface area contributed by atoms with Crippen LogP contribution < -0.4 is 4.74 Å². The fraction of sp³-hybridized carbons (Fsp3) is 0.462.